The number of hydrogen-bond acceptors (Lipinski definition) is 2. The molecule has 0 aromatic heterocycles. The first-order valence-corrected chi connectivity index (χ1v) is 6.84. The van der Waals surface area contributed by atoms with E-state index in [1.54, 1.807) is 0 Å². The van der Waals surface area contributed by atoms with Crippen LogP contribution in [-0.2, 0) is 0 Å². The van der Waals surface area contributed by atoms with Crippen molar-refractivity contribution in [2.75, 3.05) is 7.05 Å². The molecule has 1 atom stereocenters. The fourth-order valence-corrected chi connectivity index (χ4v) is 2.22. The fourth-order valence-electron chi connectivity index (χ4n) is 2.22. The SMILES string of the molecule is CCC(C)(C)C(NC)c1ccc(OC(C)C)cc1. The van der Waals surface area contributed by atoms with E-state index in [0.29, 0.717) is 6.04 Å². The monoisotopic (exact) mass is 249 g/mol. The minimum Gasteiger partial charge on any atom is -0.491 e. The smallest absolute Gasteiger partial charge is 0.119 e. The van der Waals surface area contributed by atoms with Gasteiger partial charge in [0.05, 0.1) is 6.10 Å². The maximum Gasteiger partial charge on any atom is 0.119 e. The van der Waals surface area contributed by atoms with Crippen LogP contribution in [0.3, 0.4) is 0 Å². The Morgan fingerprint density at radius 1 is 1.17 bits per heavy atom. The maximum absolute atomic E-state index is 5.67. The van der Waals surface area contributed by atoms with E-state index in [0.717, 1.165) is 12.2 Å². The van der Waals surface area contributed by atoms with Crippen molar-refractivity contribution in [3.8, 4) is 5.75 Å². The van der Waals surface area contributed by atoms with Gasteiger partial charge in [0, 0.05) is 6.04 Å². The molecule has 18 heavy (non-hydrogen) atoms. The summed E-state index contributed by atoms with van der Waals surface area (Å²) >= 11 is 0. The molecule has 0 aliphatic rings. The molecule has 1 rings (SSSR count). The molecule has 0 saturated heterocycles. The van der Waals surface area contributed by atoms with E-state index in [1.165, 1.54) is 5.56 Å². The van der Waals surface area contributed by atoms with Crippen molar-refractivity contribution in [2.45, 2.75) is 53.2 Å². The standard InChI is InChI=1S/C16H27NO/c1-7-16(4,5)15(17-6)13-8-10-14(11-9-13)18-12(2)3/h8-12,15,17H,7H2,1-6H3. The second-order valence-electron chi connectivity index (χ2n) is 5.80. The van der Waals surface area contributed by atoms with Crippen LogP contribution in [0.25, 0.3) is 0 Å². The Morgan fingerprint density at radius 2 is 1.72 bits per heavy atom. The third-order valence-corrected chi connectivity index (χ3v) is 3.57. The minimum atomic E-state index is 0.225. The van der Waals surface area contributed by atoms with Crippen molar-refractivity contribution < 1.29 is 4.74 Å². The number of ether oxygens (including phenoxy) is 1. The highest BCUT2D eigenvalue weighted by Crippen LogP contribution is 2.36. The molecule has 102 valence electrons. The molecule has 0 fully saturated rings. The van der Waals surface area contributed by atoms with Crippen LogP contribution >= 0.6 is 0 Å². The molecule has 0 aliphatic carbocycles. The Kier molecular flexibility index (Phi) is 5.21. The molecule has 0 aliphatic heterocycles. The minimum absolute atomic E-state index is 0.225. The summed E-state index contributed by atoms with van der Waals surface area (Å²) < 4.78 is 5.67. The molecule has 1 unspecified atom stereocenters. The van der Waals surface area contributed by atoms with Gasteiger partial charge in [-0.05, 0) is 50.4 Å². The first-order chi connectivity index (χ1) is 8.40. The lowest BCUT2D eigenvalue weighted by molar-refractivity contribution is 0.238. The molecule has 1 aromatic rings. The van der Waals surface area contributed by atoms with E-state index >= 15 is 0 Å². The highest BCUT2D eigenvalue weighted by atomic mass is 16.5. The lowest BCUT2D eigenvalue weighted by Crippen LogP contribution is -2.31. The average molecular weight is 249 g/mol. The number of benzene rings is 1. The van der Waals surface area contributed by atoms with Gasteiger partial charge in [0.15, 0.2) is 0 Å². The van der Waals surface area contributed by atoms with Gasteiger partial charge >= 0.3 is 0 Å². The topological polar surface area (TPSA) is 21.3 Å². The first kappa shape index (κ1) is 15.0. The van der Waals surface area contributed by atoms with E-state index in [1.807, 2.05) is 20.9 Å². The lowest BCUT2D eigenvalue weighted by atomic mass is 9.78. The zero-order valence-electron chi connectivity index (χ0n) is 12.6. The highest BCUT2D eigenvalue weighted by molar-refractivity contribution is 5.30. The summed E-state index contributed by atoms with van der Waals surface area (Å²) in [5, 5.41) is 3.43. The van der Waals surface area contributed by atoms with Crippen LogP contribution in [0.15, 0.2) is 24.3 Å². The van der Waals surface area contributed by atoms with Gasteiger partial charge in [0.2, 0.25) is 0 Å². The van der Waals surface area contributed by atoms with Crippen LogP contribution < -0.4 is 10.1 Å². The maximum atomic E-state index is 5.67. The summed E-state index contributed by atoms with van der Waals surface area (Å²) in [6.07, 6.45) is 1.37. The average Bonchev–Trinajstić information content (AvgIpc) is 2.31. The molecule has 0 amide bonds. The quantitative estimate of drug-likeness (QED) is 0.817. The van der Waals surface area contributed by atoms with Gasteiger partial charge in [-0.25, -0.2) is 0 Å². The second kappa shape index (κ2) is 6.24. The second-order valence-corrected chi connectivity index (χ2v) is 5.80. The summed E-state index contributed by atoms with van der Waals surface area (Å²) in [5.74, 6) is 0.943. The zero-order valence-corrected chi connectivity index (χ0v) is 12.6. The van der Waals surface area contributed by atoms with E-state index < -0.39 is 0 Å². The van der Waals surface area contributed by atoms with Gasteiger partial charge in [-0.3, -0.25) is 0 Å². The summed E-state index contributed by atoms with van der Waals surface area (Å²) in [7, 11) is 2.03. The summed E-state index contributed by atoms with van der Waals surface area (Å²) in [4.78, 5) is 0. The highest BCUT2D eigenvalue weighted by Gasteiger charge is 2.27. The summed E-state index contributed by atoms with van der Waals surface area (Å²) in [6, 6.07) is 8.82. The van der Waals surface area contributed by atoms with E-state index in [4.69, 9.17) is 4.74 Å². The molecule has 0 bridgehead atoms. The molecule has 0 spiro atoms. The van der Waals surface area contributed by atoms with Crippen molar-refractivity contribution in [1.29, 1.82) is 0 Å². The Balaban J connectivity index is 2.89. The number of rotatable bonds is 6. The van der Waals surface area contributed by atoms with E-state index in [2.05, 4.69) is 50.4 Å². The predicted octanol–water partition coefficient (Wildman–Crippen LogP) is 4.17. The predicted molar refractivity (Wildman–Crippen MR) is 78.1 cm³/mol. The summed E-state index contributed by atoms with van der Waals surface area (Å²) in [5.41, 5.74) is 1.57. The van der Waals surface area contributed by atoms with Crippen LogP contribution in [0.5, 0.6) is 5.75 Å². The Morgan fingerprint density at radius 3 is 2.11 bits per heavy atom. The van der Waals surface area contributed by atoms with Crippen LogP contribution in [0.1, 0.15) is 52.6 Å². The van der Waals surface area contributed by atoms with Crippen molar-refractivity contribution in [3.63, 3.8) is 0 Å². The molecule has 0 radical (unpaired) electrons. The Bertz CT molecular complexity index is 354. The van der Waals surface area contributed by atoms with Crippen LogP contribution in [0.2, 0.25) is 0 Å². The molecule has 2 heteroatoms. The third-order valence-electron chi connectivity index (χ3n) is 3.57. The summed E-state index contributed by atoms with van der Waals surface area (Å²) in [6.45, 7) is 10.9. The molecular weight excluding hydrogens is 222 g/mol. The first-order valence-electron chi connectivity index (χ1n) is 6.84. The molecule has 0 heterocycles. The third kappa shape index (κ3) is 3.74. The lowest BCUT2D eigenvalue weighted by Gasteiger charge is -2.33. The van der Waals surface area contributed by atoms with Crippen molar-refractivity contribution in [3.05, 3.63) is 29.8 Å². The van der Waals surface area contributed by atoms with Gasteiger partial charge in [-0.1, -0.05) is 32.9 Å². The van der Waals surface area contributed by atoms with Gasteiger partial charge in [-0.2, -0.15) is 0 Å². The van der Waals surface area contributed by atoms with Gasteiger partial charge in [-0.15, -0.1) is 0 Å². The van der Waals surface area contributed by atoms with E-state index in [9.17, 15) is 0 Å². The Hall–Kier alpha value is -1.02. The van der Waals surface area contributed by atoms with E-state index in [-0.39, 0.29) is 11.5 Å². The van der Waals surface area contributed by atoms with Crippen molar-refractivity contribution >= 4 is 0 Å². The van der Waals surface area contributed by atoms with Gasteiger partial charge < -0.3 is 10.1 Å². The van der Waals surface area contributed by atoms with Crippen LogP contribution in [0, 0.1) is 5.41 Å². The van der Waals surface area contributed by atoms with Crippen LogP contribution in [0.4, 0.5) is 0 Å². The zero-order chi connectivity index (χ0) is 13.8. The molecular formula is C16H27NO. The molecule has 2 nitrogen and oxygen atoms in total. The normalized spacial score (nSPS) is 13.7. The fraction of sp³-hybridized carbons (Fsp3) is 0.625. The van der Waals surface area contributed by atoms with Gasteiger partial charge in [0.25, 0.3) is 0 Å². The largest absolute Gasteiger partial charge is 0.491 e. The number of nitrogens with one attached hydrogen (secondary N) is 1. The van der Waals surface area contributed by atoms with Crippen molar-refractivity contribution in [1.82, 2.24) is 5.32 Å². The number of hydrogen-bond donors (Lipinski definition) is 1. The van der Waals surface area contributed by atoms with Crippen LogP contribution in [-0.4, -0.2) is 13.2 Å². The molecule has 1 N–H and O–H groups in total. The van der Waals surface area contributed by atoms with Gasteiger partial charge in [0.1, 0.15) is 5.75 Å². The van der Waals surface area contributed by atoms with Crippen molar-refractivity contribution in [2.24, 2.45) is 5.41 Å². The molecule has 0 saturated carbocycles. The molecule has 1 aromatic carbocycles. The Labute approximate surface area is 112 Å².